The summed E-state index contributed by atoms with van der Waals surface area (Å²) in [4.78, 5) is 46.0. The van der Waals surface area contributed by atoms with Crippen molar-refractivity contribution in [3.05, 3.63) is 41.4 Å². The first-order valence-corrected chi connectivity index (χ1v) is 15.5. The zero-order valence-corrected chi connectivity index (χ0v) is 24.6. The maximum Gasteiger partial charge on any atom is 0.246 e. The zero-order chi connectivity index (χ0) is 28.7. The molecule has 8 atom stereocenters. The van der Waals surface area contributed by atoms with E-state index in [0.29, 0.717) is 42.3 Å². The fourth-order valence-electron chi connectivity index (χ4n) is 7.64. The number of anilines is 1. The van der Waals surface area contributed by atoms with Gasteiger partial charge in [-0.15, -0.1) is 0 Å². The lowest BCUT2D eigenvalue weighted by Gasteiger charge is -2.38. The van der Waals surface area contributed by atoms with Gasteiger partial charge in [0.05, 0.1) is 31.2 Å². The molecule has 222 valence electrons. The molecule has 5 aliphatic rings. The largest absolute Gasteiger partial charge is 0.379 e. The number of likely N-dealkylation sites (tertiary alicyclic amines) is 1. The molecule has 3 amide bonds. The van der Waals surface area contributed by atoms with E-state index in [1.165, 1.54) is 0 Å². The van der Waals surface area contributed by atoms with Crippen LogP contribution >= 0.6 is 11.6 Å². The van der Waals surface area contributed by atoms with Gasteiger partial charge in [-0.2, -0.15) is 0 Å². The molecule has 1 spiro atoms. The number of fused-ring (bicyclic) bond motifs is 1. The van der Waals surface area contributed by atoms with E-state index >= 15 is 0 Å². The average molecular weight is 585 g/mol. The number of amides is 3. The van der Waals surface area contributed by atoms with E-state index in [1.54, 1.807) is 29.2 Å². The number of ether oxygens (including phenoxy) is 2. The lowest BCUT2D eigenvalue weighted by atomic mass is 9.73. The normalized spacial score (nSPS) is 36.4. The van der Waals surface area contributed by atoms with E-state index in [0.717, 1.165) is 45.3 Å². The van der Waals surface area contributed by atoms with E-state index in [-0.39, 0.29) is 23.8 Å². The van der Waals surface area contributed by atoms with Gasteiger partial charge in [-0.05, 0) is 42.9 Å². The Morgan fingerprint density at radius 1 is 1.12 bits per heavy atom. The number of carbonyl (C=O) groups excluding carboxylic acids is 3. The van der Waals surface area contributed by atoms with Crippen LogP contribution < -0.4 is 10.6 Å². The molecule has 1 aromatic carbocycles. The van der Waals surface area contributed by atoms with Gasteiger partial charge in [0.25, 0.3) is 0 Å². The van der Waals surface area contributed by atoms with Crippen molar-refractivity contribution < 1.29 is 23.9 Å². The summed E-state index contributed by atoms with van der Waals surface area (Å²) in [5.41, 5.74) is -0.601. The molecular formula is C31H41ClN4O5. The minimum Gasteiger partial charge on any atom is -0.379 e. The van der Waals surface area contributed by atoms with E-state index in [1.807, 2.05) is 12.2 Å². The molecule has 1 aromatic rings. The first-order chi connectivity index (χ1) is 19.8. The summed E-state index contributed by atoms with van der Waals surface area (Å²) >= 11 is 6.14. The Morgan fingerprint density at radius 2 is 1.93 bits per heavy atom. The third kappa shape index (κ3) is 5.31. The molecule has 41 heavy (non-hydrogen) atoms. The molecule has 4 aliphatic heterocycles. The molecule has 0 radical (unpaired) electrons. The lowest BCUT2D eigenvalue weighted by molar-refractivity contribution is -0.141. The second-order valence-electron chi connectivity index (χ2n) is 12.4. The number of benzene rings is 1. The number of rotatable bonds is 8. The van der Waals surface area contributed by atoms with Gasteiger partial charge in [-0.1, -0.05) is 56.5 Å². The van der Waals surface area contributed by atoms with Gasteiger partial charge >= 0.3 is 0 Å². The zero-order valence-electron chi connectivity index (χ0n) is 23.9. The van der Waals surface area contributed by atoms with Crippen LogP contribution in [0.2, 0.25) is 5.02 Å². The van der Waals surface area contributed by atoms with Crippen molar-refractivity contribution in [3.8, 4) is 0 Å². The first-order valence-electron chi connectivity index (χ1n) is 15.1. The average Bonchev–Trinajstić information content (AvgIpc) is 3.59. The van der Waals surface area contributed by atoms with Gasteiger partial charge < -0.3 is 25.0 Å². The highest BCUT2D eigenvalue weighted by atomic mass is 35.5. The first kappa shape index (κ1) is 28.6. The molecule has 3 saturated heterocycles. The van der Waals surface area contributed by atoms with Crippen molar-refractivity contribution in [1.29, 1.82) is 0 Å². The molecule has 1 aliphatic carbocycles. The van der Waals surface area contributed by atoms with Crippen molar-refractivity contribution in [2.45, 2.75) is 63.3 Å². The van der Waals surface area contributed by atoms with Crippen molar-refractivity contribution in [2.24, 2.45) is 23.7 Å². The standard InChI is InChI=1S/C31H41ClN4O5/c1-19-6-3-9-23(20(19)2)34-29(38)27-31-11-10-24(41-31)25(28(37)33-22-8-4-7-21(32)18-22)26(31)30(39)36(27)13-5-12-35-14-16-40-17-15-35/h4,7-8,10-11,18-20,23-27H,3,5-6,9,12-17H2,1-2H3,(H,33,37)(H,34,38)/t19-,20+,23+,24+,25+,26+,27+,31+/m1/s1. The topological polar surface area (TPSA) is 100 Å². The van der Waals surface area contributed by atoms with Crippen molar-refractivity contribution in [3.63, 3.8) is 0 Å². The maximum atomic E-state index is 14.2. The number of morpholine rings is 1. The Balaban J connectivity index is 1.25. The van der Waals surface area contributed by atoms with Crippen LogP contribution in [0.25, 0.3) is 0 Å². The van der Waals surface area contributed by atoms with Gasteiger partial charge in [0.2, 0.25) is 17.7 Å². The molecule has 1 saturated carbocycles. The summed E-state index contributed by atoms with van der Waals surface area (Å²) < 4.78 is 12.0. The SMILES string of the molecule is C[C@H]1[C@H](C)CCC[C@@H]1NC(=O)[C@@H]1N(CCCN2CCOCC2)C(=O)[C@@H]2[C@@H](C(=O)Nc3cccc(Cl)c3)[C@@H]3C=C[C@]21O3. The molecule has 9 nitrogen and oxygen atoms in total. The molecule has 4 fully saturated rings. The molecular weight excluding hydrogens is 544 g/mol. The monoisotopic (exact) mass is 584 g/mol. The van der Waals surface area contributed by atoms with Gasteiger partial charge in [-0.25, -0.2) is 0 Å². The Hall–Kier alpha value is -2.46. The van der Waals surface area contributed by atoms with Crippen LogP contribution in [0.15, 0.2) is 36.4 Å². The van der Waals surface area contributed by atoms with E-state index < -0.39 is 29.6 Å². The molecule has 10 heteroatoms. The second-order valence-corrected chi connectivity index (χ2v) is 12.9. The number of carbonyl (C=O) groups is 3. The summed E-state index contributed by atoms with van der Waals surface area (Å²) in [7, 11) is 0. The van der Waals surface area contributed by atoms with Gasteiger partial charge in [0, 0.05) is 42.9 Å². The highest BCUT2D eigenvalue weighted by Gasteiger charge is 2.72. The molecule has 0 aromatic heterocycles. The van der Waals surface area contributed by atoms with Crippen LogP contribution in [0, 0.1) is 23.7 Å². The lowest BCUT2D eigenvalue weighted by Crippen LogP contribution is -2.58. The Morgan fingerprint density at radius 3 is 2.71 bits per heavy atom. The van der Waals surface area contributed by atoms with Crippen molar-refractivity contribution >= 4 is 35.0 Å². The van der Waals surface area contributed by atoms with Gasteiger partial charge in [-0.3, -0.25) is 19.3 Å². The third-order valence-electron chi connectivity index (χ3n) is 10.0. The van der Waals surface area contributed by atoms with Crippen LogP contribution in [-0.2, 0) is 23.9 Å². The van der Waals surface area contributed by atoms with Crippen LogP contribution in [0.3, 0.4) is 0 Å². The summed E-state index contributed by atoms with van der Waals surface area (Å²) in [5, 5.41) is 6.77. The number of hydrogen-bond acceptors (Lipinski definition) is 6. The van der Waals surface area contributed by atoms with Crippen LogP contribution in [0.5, 0.6) is 0 Å². The third-order valence-corrected chi connectivity index (χ3v) is 10.3. The molecule has 2 N–H and O–H groups in total. The van der Waals surface area contributed by atoms with Crippen molar-refractivity contribution in [1.82, 2.24) is 15.1 Å². The summed E-state index contributed by atoms with van der Waals surface area (Å²) in [5.74, 6) is -1.30. The smallest absolute Gasteiger partial charge is 0.246 e. The number of nitrogens with zero attached hydrogens (tertiary/aromatic N) is 2. The Labute approximate surface area is 246 Å². The molecule has 6 rings (SSSR count). The minimum absolute atomic E-state index is 0.0523. The van der Waals surface area contributed by atoms with Crippen LogP contribution in [0.1, 0.15) is 39.5 Å². The summed E-state index contributed by atoms with van der Waals surface area (Å²) in [6.07, 6.45) is 7.05. The number of nitrogens with one attached hydrogen (secondary N) is 2. The minimum atomic E-state index is -1.16. The molecule has 4 heterocycles. The van der Waals surface area contributed by atoms with Gasteiger partial charge in [0.1, 0.15) is 11.6 Å². The fraction of sp³-hybridized carbons (Fsp3) is 0.645. The predicted octanol–water partition coefficient (Wildman–Crippen LogP) is 3.09. The van der Waals surface area contributed by atoms with E-state index in [2.05, 4.69) is 29.4 Å². The van der Waals surface area contributed by atoms with E-state index in [4.69, 9.17) is 21.1 Å². The summed E-state index contributed by atoms with van der Waals surface area (Å²) in [6.45, 7) is 8.82. The fourth-order valence-corrected chi connectivity index (χ4v) is 7.83. The van der Waals surface area contributed by atoms with E-state index in [9.17, 15) is 14.4 Å². The highest BCUT2D eigenvalue weighted by molar-refractivity contribution is 6.30. The van der Waals surface area contributed by atoms with Crippen molar-refractivity contribution in [2.75, 3.05) is 44.7 Å². The predicted molar refractivity (Wildman–Crippen MR) is 155 cm³/mol. The maximum absolute atomic E-state index is 14.2. The number of halogens is 1. The van der Waals surface area contributed by atoms with Crippen LogP contribution in [0.4, 0.5) is 5.69 Å². The molecule has 2 bridgehead atoms. The summed E-state index contributed by atoms with van der Waals surface area (Å²) in [6, 6.07) is 6.18. The highest BCUT2D eigenvalue weighted by Crippen LogP contribution is 2.55. The van der Waals surface area contributed by atoms with Gasteiger partial charge in [0.15, 0.2) is 0 Å². The van der Waals surface area contributed by atoms with Crippen LogP contribution in [-0.4, -0.2) is 90.7 Å². The second kappa shape index (κ2) is 11.7. The number of hydrogen-bond donors (Lipinski definition) is 2. The Bertz CT molecular complexity index is 1200. The Kier molecular flexibility index (Phi) is 8.15. The quantitative estimate of drug-likeness (QED) is 0.456. The molecule has 0 unspecified atom stereocenters.